The van der Waals surface area contributed by atoms with Gasteiger partial charge in [-0.3, -0.25) is 9.59 Å². The fourth-order valence-electron chi connectivity index (χ4n) is 2.79. The molecule has 2 rings (SSSR count). The lowest BCUT2D eigenvalue weighted by molar-refractivity contribution is -0.116. The number of hydrogen-bond acceptors (Lipinski definition) is 4. The Bertz CT molecular complexity index is 937. The number of nitrogens with zero attached hydrogens (tertiary/aromatic N) is 1. The van der Waals surface area contributed by atoms with Crippen LogP contribution in [-0.4, -0.2) is 38.0 Å². The van der Waals surface area contributed by atoms with Gasteiger partial charge in [-0.1, -0.05) is 37.3 Å². The molecule has 28 heavy (non-hydrogen) atoms. The molecule has 0 aliphatic heterocycles. The first-order chi connectivity index (χ1) is 13.3. The van der Waals surface area contributed by atoms with Gasteiger partial charge in [0, 0.05) is 31.3 Å². The van der Waals surface area contributed by atoms with E-state index in [0.29, 0.717) is 12.0 Å². The van der Waals surface area contributed by atoms with E-state index >= 15 is 0 Å². The molecule has 0 aliphatic carbocycles. The molecule has 0 spiro atoms. The molecule has 2 aromatic carbocycles. The predicted molar refractivity (Wildman–Crippen MR) is 110 cm³/mol. The summed E-state index contributed by atoms with van der Waals surface area (Å²) in [5.74, 6) is -0.259. The Morgan fingerprint density at radius 2 is 1.68 bits per heavy atom. The highest BCUT2D eigenvalue weighted by molar-refractivity contribution is 7.89. The third-order valence-electron chi connectivity index (χ3n) is 4.52. The highest BCUT2D eigenvalue weighted by Gasteiger charge is 2.20. The second-order valence-corrected chi connectivity index (χ2v) is 8.61. The van der Waals surface area contributed by atoms with E-state index in [4.69, 9.17) is 0 Å². The maximum Gasteiger partial charge on any atom is 0.242 e. The molecule has 0 radical (unpaired) electrons. The van der Waals surface area contributed by atoms with Crippen molar-refractivity contribution < 1.29 is 18.0 Å². The van der Waals surface area contributed by atoms with Gasteiger partial charge in [-0.2, -0.15) is 0 Å². The molecule has 150 valence electrons. The van der Waals surface area contributed by atoms with Crippen LogP contribution in [0.2, 0.25) is 0 Å². The average molecular weight is 403 g/mol. The van der Waals surface area contributed by atoms with E-state index < -0.39 is 10.0 Å². The fraction of sp³-hybridized carbons (Fsp3) is 0.333. The lowest BCUT2D eigenvalue weighted by Crippen LogP contribution is -2.28. The van der Waals surface area contributed by atoms with Gasteiger partial charge in [-0.25, -0.2) is 12.7 Å². The Morgan fingerprint density at radius 1 is 1.04 bits per heavy atom. The van der Waals surface area contributed by atoms with Gasteiger partial charge in [0.15, 0.2) is 5.78 Å². The summed E-state index contributed by atoms with van der Waals surface area (Å²) >= 11 is 0. The van der Waals surface area contributed by atoms with Crippen LogP contribution in [0.4, 0.5) is 5.69 Å². The number of benzene rings is 2. The summed E-state index contributed by atoms with van der Waals surface area (Å²) in [6.07, 6.45) is 1.45. The van der Waals surface area contributed by atoms with Crippen LogP contribution in [0, 0.1) is 0 Å². The van der Waals surface area contributed by atoms with E-state index in [1.54, 1.807) is 0 Å². The Balaban J connectivity index is 1.91. The van der Waals surface area contributed by atoms with Crippen LogP contribution in [0.5, 0.6) is 0 Å². The number of anilines is 1. The number of amides is 1. The average Bonchev–Trinajstić information content (AvgIpc) is 2.68. The smallest absolute Gasteiger partial charge is 0.242 e. The molecule has 0 saturated heterocycles. The molecule has 1 amide bonds. The predicted octanol–water partition coefficient (Wildman–Crippen LogP) is 3.49. The number of ketones is 1. The highest BCUT2D eigenvalue weighted by Crippen LogP contribution is 2.18. The van der Waals surface area contributed by atoms with Crippen LogP contribution in [0.1, 0.15) is 42.6 Å². The maximum absolute atomic E-state index is 12.6. The van der Waals surface area contributed by atoms with Crippen LogP contribution < -0.4 is 5.32 Å². The fourth-order valence-corrected chi connectivity index (χ4v) is 4.00. The first-order valence-corrected chi connectivity index (χ1v) is 10.6. The number of nitrogens with one attached hydrogen (secondary N) is 1. The van der Waals surface area contributed by atoms with Gasteiger partial charge in [0.25, 0.3) is 0 Å². The Hall–Kier alpha value is -2.51. The third-order valence-corrected chi connectivity index (χ3v) is 6.39. The molecule has 2 aromatic rings. The van der Waals surface area contributed by atoms with E-state index in [2.05, 4.69) is 5.32 Å². The summed E-state index contributed by atoms with van der Waals surface area (Å²) < 4.78 is 26.4. The molecular formula is C21H26N2O4S. The summed E-state index contributed by atoms with van der Waals surface area (Å²) in [4.78, 5) is 23.6. The quantitative estimate of drug-likeness (QED) is 0.651. The Morgan fingerprint density at radius 3 is 2.29 bits per heavy atom. The first kappa shape index (κ1) is 21.8. The van der Waals surface area contributed by atoms with Crippen molar-refractivity contribution in [1.29, 1.82) is 0 Å². The highest BCUT2D eigenvalue weighted by atomic mass is 32.2. The summed E-state index contributed by atoms with van der Waals surface area (Å²) in [6.45, 7) is 3.67. The molecule has 0 aliphatic rings. The van der Waals surface area contributed by atoms with E-state index in [-0.39, 0.29) is 29.6 Å². The largest absolute Gasteiger partial charge is 0.326 e. The molecule has 7 heteroatoms. The van der Waals surface area contributed by atoms with Crippen molar-refractivity contribution in [3.8, 4) is 0 Å². The molecule has 1 N–H and O–H groups in total. The number of carbonyl (C=O) groups excluding carboxylic acids is 2. The van der Waals surface area contributed by atoms with Crippen molar-refractivity contribution >= 4 is 27.4 Å². The molecular weight excluding hydrogens is 376 g/mol. The van der Waals surface area contributed by atoms with Gasteiger partial charge in [-0.05, 0) is 43.5 Å². The van der Waals surface area contributed by atoms with Gasteiger partial charge in [-0.15, -0.1) is 0 Å². The second-order valence-electron chi connectivity index (χ2n) is 6.57. The standard InChI is InChI=1S/C21H26N2O4S/c1-4-17-8-5-6-9-20(17)22-21(25)10-7-15-23(3)28(26,27)19-13-11-18(12-14-19)16(2)24/h5-6,8-9,11-14H,4,7,10,15H2,1-3H3,(H,22,25). The number of hydrogen-bond donors (Lipinski definition) is 1. The maximum atomic E-state index is 12.6. The lowest BCUT2D eigenvalue weighted by Gasteiger charge is -2.17. The number of aryl methyl sites for hydroxylation is 1. The minimum atomic E-state index is -3.66. The van der Waals surface area contributed by atoms with Crippen molar-refractivity contribution in [2.75, 3.05) is 18.9 Å². The van der Waals surface area contributed by atoms with Gasteiger partial charge in [0.2, 0.25) is 15.9 Å². The van der Waals surface area contributed by atoms with Gasteiger partial charge in [0.1, 0.15) is 0 Å². The van der Waals surface area contributed by atoms with Crippen LogP contribution in [0.3, 0.4) is 0 Å². The molecule has 0 saturated carbocycles. The molecule has 0 bridgehead atoms. The molecule has 0 atom stereocenters. The molecule has 0 fully saturated rings. The summed E-state index contributed by atoms with van der Waals surface area (Å²) in [6, 6.07) is 13.5. The van der Waals surface area contributed by atoms with Crippen LogP contribution in [0.15, 0.2) is 53.4 Å². The molecule has 0 heterocycles. The molecule has 0 unspecified atom stereocenters. The topological polar surface area (TPSA) is 83.6 Å². The molecule has 6 nitrogen and oxygen atoms in total. The summed E-state index contributed by atoms with van der Waals surface area (Å²) in [7, 11) is -2.17. The van der Waals surface area contributed by atoms with Gasteiger partial charge in [0.05, 0.1) is 4.90 Å². The van der Waals surface area contributed by atoms with Crippen LogP contribution in [0.25, 0.3) is 0 Å². The van der Waals surface area contributed by atoms with Crippen molar-refractivity contribution in [2.45, 2.75) is 38.0 Å². The van der Waals surface area contributed by atoms with Crippen molar-refractivity contribution in [3.05, 3.63) is 59.7 Å². The van der Waals surface area contributed by atoms with Crippen molar-refractivity contribution in [1.82, 2.24) is 4.31 Å². The Labute approximate surface area is 166 Å². The Kier molecular flexibility index (Phi) is 7.48. The van der Waals surface area contributed by atoms with E-state index in [1.807, 2.05) is 31.2 Å². The van der Waals surface area contributed by atoms with Gasteiger partial charge < -0.3 is 5.32 Å². The summed E-state index contributed by atoms with van der Waals surface area (Å²) in [5, 5.41) is 2.88. The number of carbonyl (C=O) groups is 2. The summed E-state index contributed by atoms with van der Waals surface area (Å²) in [5.41, 5.74) is 2.32. The minimum Gasteiger partial charge on any atom is -0.326 e. The van der Waals surface area contributed by atoms with Crippen molar-refractivity contribution in [3.63, 3.8) is 0 Å². The molecule has 0 aromatic heterocycles. The minimum absolute atomic E-state index is 0.118. The SMILES string of the molecule is CCc1ccccc1NC(=O)CCCN(C)S(=O)(=O)c1ccc(C(C)=O)cc1. The van der Waals surface area contributed by atoms with Gasteiger partial charge >= 0.3 is 0 Å². The van der Waals surface area contributed by atoms with E-state index in [9.17, 15) is 18.0 Å². The van der Waals surface area contributed by atoms with Crippen LogP contribution >= 0.6 is 0 Å². The van der Waals surface area contributed by atoms with Crippen molar-refractivity contribution in [2.24, 2.45) is 0 Å². The second kappa shape index (κ2) is 9.61. The number of para-hydroxylation sites is 1. The number of rotatable bonds is 9. The van der Waals surface area contributed by atoms with E-state index in [0.717, 1.165) is 17.7 Å². The normalized spacial score (nSPS) is 11.4. The first-order valence-electron chi connectivity index (χ1n) is 9.20. The lowest BCUT2D eigenvalue weighted by atomic mass is 10.1. The van der Waals surface area contributed by atoms with Crippen LogP contribution in [-0.2, 0) is 21.2 Å². The third kappa shape index (κ3) is 5.50. The number of sulfonamides is 1. The number of Topliss-reactive ketones (excluding diaryl/α,β-unsaturated/α-hetero) is 1. The zero-order chi connectivity index (χ0) is 20.7. The van der Waals surface area contributed by atoms with E-state index in [1.165, 1.54) is 42.5 Å². The zero-order valence-electron chi connectivity index (χ0n) is 16.4. The monoisotopic (exact) mass is 402 g/mol. The zero-order valence-corrected chi connectivity index (χ0v) is 17.3.